The largest absolute Gasteiger partial charge is 0.465 e. The van der Waals surface area contributed by atoms with Gasteiger partial charge in [-0.25, -0.2) is 0 Å². The van der Waals surface area contributed by atoms with E-state index in [1.165, 1.54) is 12.8 Å². The maximum absolute atomic E-state index is 11.0. The lowest BCUT2D eigenvalue weighted by Gasteiger charge is -2.04. The van der Waals surface area contributed by atoms with Crippen LogP contribution in [0.5, 0.6) is 0 Å². The van der Waals surface area contributed by atoms with E-state index in [9.17, 15) is 4.79 Å². The minimum absolute atomic E-state index is 0.164. The maximum Gasteiger partial charge on any atom is 0.319 e. The zero-order valence-electron chi connectivity index (χ0n) is 8.04. The standard InChI is InChI=1S/C9H17NO3/c1-12-5-2-6-13-9(11)7-10-8-3-4-8/h8,10H,2-7H2,1H3. The number of methoxy groups -OCH3 is 1. The Labute approximate surface area is 78.6 Å². The Balaban J connectivity index is 1.84. The number of ether oxygens (including phenoxy) is 2. The van der Waals surface area contributed by atoms with Crippen molar-refractivity contribution in [1.82, 2.24) is 5.32 Å². The van der Waals surface area contributed by atoms with Gasteiger partial charge in [-0.2, -0.15) is 0 Å². The van der Waals surface area contributed by atoms with Crippen LogP contribution in [0.3, 0.4) is 0 Å². The molecule has 0 aliphatic heterocycles. The molecule has 4 heteroatoms. The van der Waals surface area contributed by atoms with Crippen molar-refractivity contribution in [2.24, 2.45) is 0 Å². The minimum Gasteiger partial charge on any atom is -0.465 e. The van der Waals surface area contributed by atoms with Crippen LogP contribution < -0.4 is 5.32 Å². The monoisotopic (exact) mass is 187 g/mol. The second-order valence-corrected chi connectivity index (χ2v) is 3.22. The average molecular weight is 187 g/mol. The number of carbonyl (C=O) groups is 1. The summed E-state index contributed by atoms with van der Waals surface area (Å²) in [6.07, 6.45) is 3.15. The van der Waals surface area contributed by atoms with E-state index in [0.717, 1.165) is 6.42 Å². The van der Waals surface area contributed by atoms with Gasteiger partial charge < -0.3 is 14.8 Å². The molecule has 1 N–H and O–H groups in total. The molecule has 76 valence electrons. The van der Waals surface area contributed by atoms with Crippen LogP contribution in [0, 0.1) is 0 Å². The predicted octanol–water partition coefficient (Wildman–Crippen LogP) is 0.318. The van der Waals surface area contributed by atoms with Crippen molar-refractivity contribution in [2.45, 2.75) is 25.3 Å². The molecule has 0 saturated heterocycles. The number of hydrogen-bond donors (Lipinski definition) is 1. The quantitative estimate of drug-likeness (QED) is 0.460. The Morgan fingerprint density at radius 1 is 1.46 bits per heavy atom. The zero-order valence-corrected chi connectivity index (χ0v) is 8.04. The van der Waals surface area contributed by atoms with Crippen LogP contribution in [-0.4, -0.2) is 38.9 Å². The topological polar surface area (TPSA) is 47.6 Å². The first kappa shape index (κ1) is 10.5. The summed E-state index contributed by atoms with van der Waals surface area (Å²) in [4.78, 5) is 11.0. The lowest BCUT2D eigenvalue weighted by atomic mass is 10.5. The fourth-order valence-corrected chi connectivity index (χ4v) is 0.955. The molecule has 1 saturated carbocycles. The van der Waals surface area contributed by atoms with Gasteiger partial charge in [0.05, 0.1) is 13.2 Å². The Bertz CT molecular complexity index is 157. The smallest absolute Gasteiger partial charge is 0.319 e. The van der Waals surface area contributed by atoms with Gasteiger partial charge in [-0.05, 0) is 12.8 Å². The van der Waals surface area contributed by atoms with Gasteiger partial charge in [0.25, 0.3) is 0 Å². The third kappa shape index (κ3) is 5.60. The van der Waals surface area contributed by atoms with E-state index in [0.29, 0.717) is 25.8 Å². The third-order valence-electron chi connectivity index (χ3n) is 1.87. The molecule has 0 bridgehead atoms. The Morgan fingerprint density at radius 2 is 2.23 bits per heavy atom. The molecule has 1 rings (SSSR count). The van der Waals surface area contributed by atoms with E-state index in [4.69, 9.17) is 9.47 Å². The van der Waals surface area contributed by atoms with Crippen LogP contribution in [0.25, 0.3) is 0 Å². The van der Waals surface area contributed by atoms with Gasteiger partial charge in [0, 0.05) is 26.2 Å². The summed E-state index contributed by atoms with van der Waals surface area (Å²) in [5.74, 6) is -0.164. The first-order valence-electron chi connectivity index (χ1n) is 4.71. The normalized spacial score (nSPS) is 15.8. The molecule has 13 heavy (non-hydrogen) atoms. The molecule has 0 amide bonds. The van der Waals surface area contributed by atoms with Gasteiger partial charge in [0.15, 0.2) is 0 Å². The molecular formula is C9H17NO3. The average Bonchev–Trinajstić information content (AvgIpc) is 2.92. The molecule has 0 aromatic carbocycles. The highest BCUT2D eigenvalue weighted by Crippen LogP contribution is 2.17. The van der Waals surface area contributed by atoms with Gasteiger partial charge in [0.2, 0.25) is 0 Å². The Morgan fingerprint density at radius 3 is 2.85 bits per heavy atom. The molecule has 0 spiro atoms. The second kappa shape index (κ2) is 5.94. The number of hydrogen-bond acceptors (Lipinski definition) is 4. The Kier molecular flexibility index (Phi) is 4.78. The van der Waals surface area contributed by atoms with E-state index in [1.807, 2.05) is 0 Å². The van der Waals surface area contributed by atoms with Crippen LogP contribution in [0.4, 0.5) is 0 Å². The highest BCUT2D eigenvalue weighted by atomic mass is 16.5. The first-order valence-corrected chi connectivity index (χ1v) is 4.71. The van der Waals surface area contributed by atoms with Crippen molar-refractivity contribution >= 4 is 5.97 Å². The molecule has 0 unspecified atom stereocenters. The fraction of sp³-hybridized carbons (Fsp3) is 0.889. The van der Waals surface area contributed by atoms with Crippen LogP contribution in [0.2, 0.25) is 0 Å². The van der Waals surface area contributed by atoms with E-state index in [1.54, 1.807) is 7.11 Å². The van der Waals surface area contributed by atoms with Crippen LogP contribution in [0.1, 0.15) is 19.3 Å². The number of carbonyl (C=O) groups excluding carboxylic acids is 1. The number of nitrogens with one attached hydrogen (secondary N) is 1. The molecule has 4 nitrogen and oxygen atoms in total. The summed E-state index contributed by atoms with van der Waals surface area (Å²) in [7, 11) is 1.64. The summed E-state index contributed by atoms with van der Waals surface area (Å²) >= 11 is 0. The van der Waals surface area contributed by atoms with Crippen molar-refractivity contribution < 1.29 is 14.3 Å². The summed E-state index contributed by atoms with van der Waals surface area (Å²) < 4.78 is 9.77. The number of rotatable bonds is 7. The summed E-state index contributed by atoms with van der Waals surface area (Å²) in [5, 5.41) is 3.09. The third-order valence-corrected chi connectivity index (χ3v) is 1.87. The van der Waals surface area contributed by atoms with E-state index >= 15 is 0 Å². The molecular weight excluding hydrogens is 170 g/mol. The maximum atomic E-state index is 11.0. The van der Waals surface area contributed by atoms with Gasteiger partial charge in [0.1, 0.15) is 0 Å². The van der Waals surface area contributed by atoms with Gasteiger partial charge in [-0.3, -0.25) is 4.79 Å². The molecule has 0 aromatic heterocycles. The van der Waals surface area contributed by atoms with Crippen LogP contribution in [0.15, 0.2) is 0 Å². The van der Waals surface area contributed by atoms with Crippen molar-refractivity contribution in [3.63, 3.8) is 0 Å². The lowest BCUT2D eigenvalue weighted by molar-refractivity contribution is -0.142. The minimum atomic E-state index is -0.164. The predicted molar refractivity (Wildman–Crippen MR) is 48.5 cm³/mol. The first-order chi connectivity index (χ1) is 6.33. The molecule has 0 atom stereocenters. The van der Waals surface area contributed by atoms with E-state index in [-0.39, 0.29) is 5.97 Å². The summed E-state index contributed by atoms with van der Waals surface area (Å²) in [6, 6.07) is 0.562. The highest BCUT2D eigenvalue weighted by Gasteiger charge is 2.21. The SMILES string of the molecule is COCCCOC(=O)CNC1CC1. The van der Waals surface area contributed by atoms with Gasteiger partial charge >= 0.3 is 5.97 Å². The van der Waals surface area contributed by atoms with Gasteiger partial charge in [-0.15, -0.1) is 0 Å². The van der Waals surface area contributed by atoms with E-state index in [2.05, 4.69) is 5.32 Å². The van der Waals surface area contributed by atoms with Crippen molar-refractivity contribution in [1.29, 1.82) is 0 Å². The molecule has 1 fully saturated rings. The van der Waals surface area contributed by atoms with Crippen LogP contribution >= 0.6 is 0 Å². The molecule has 1 aliphatic rings. The van der Waals surface area contributed by atoms with Crippen LogP contribution in [-0.2, 0) is 14.3 Å². The molecule has 0 heterocycles. The van der Waals surface area contributed by atoms with Crippen molar-refractivity contribution in [3.8, 4) is 0 Å². The summed E-state index contributed by atoms with van der Waals surface area (Å²) in [6.45, 7) is 1.44. The number of esters is 1. The fourth-order valence-electron chi connectivity index (χ4n) is 0.955. The molecule has 0 radical (unpaired) electrons. The zero-order chi connectivity index (χ0) is 9.52. The Hall–Kier alpha value is -0.610. The molecule has 1 aliphatic carbocycles. The van der Waals surface area contributed by atoms with Crippen molar-refractivity contribution in [3.05, 3.63) is 0 Å². The van der Waals surface area contributed by atoms with E-state index < -0.39 is 0 Å². The summed E-state index contributed by atoms with van der Waals surface area (Å²) in [5.41, 5.74) is 0. The molecule has 0 aromatic rings. The van der Waals surface area contributed by atoms with Crippen molar-refractivity contribution in [2.75, 3.05) is 26.9 Å². The van der Waals surface area contributed by atoms with Gasteiger partial charge in [-0.1, -0.05) is 0 Å². The highest BCUT2D eigenvalue weighted by molar-refractivity contribution is 5.71. The second-order valence-electron chi connectivity index (χ2n) is 3.22. The lowest BCUT2D eigenvalue weighted by Crippen LogP contribution is -2.26.